The fourth-order valence-corrected chi connectivity index (χ4v) is 4.26. The van der Waals surface area contributed by atoms with Crippen LogP contribution in [0.3, 0.4) is 0 Å². The van der Waals surface area contributed by atoms with E-state index in [-0.39, 0.29) is 5.56 Å². The second-order valence-corrected chi connectivity index (χ2v) is 8.46. The van der Waals surface area contributed by atoms with Crippen molar-refractivity contribution in [2.24, 2.45) is 5.10 Å². The summed E-state index contributed by atoms with van der Waals surface area (Å²) in [5, 5.41) is 5.10. The molecule has 0 amide bonds. The first kappa shape index (κ1) is 19.8. The van der Waals surface area contributed by atoms with E-state index in [9.17, 15) is 4.79 Å². The predicted molar refractivity (Wildman–Crippen MR) is 123 cm³/mol. The zero-order chi connectivity index (χ0) is 20.4. The number of rotatable bonds is 5. The first-order valence-electron chi connectivity index (χ1n) is 10.2. The van der Waals surface area contributed by atoms with Gasteiger partial charge < -0.3 is 4.90 Å². The highest BCUT2D eigenvalue weighted by atomic mass is 79.9. The molecule has 2 aromatic carbocycles. The summed E-state index contributed by atoms with van der Waals surface area (Å²) in [7, 11) is 0. The van der Waals surface area contributed by atoms with E-state index in [4.69, 9.17) is 0 Å². The van der Waals surface area contributed by atoms with Crippen molar-refractivity contribution in [2.45, 2.75) is 39.5 Å². The normalized spacial score (nSPS) is 14.4. The predicted octanol–water partition coefficient (Wildman–Crippen LogP) is 4.90. The smallest absolute Gasteiger partial charge is 0.282 e. The summed E-state index contributed by atoms with van der Waals surface area (Å²) in [6.45, 7) is 6.46. The summed E-state index contributed by atoms with van der Waals surface area (Å²) in [5.41, 5.74) is 4.08. The van der Waals surface area contributed by atoms with Crippen molar-refractivity contribution in [1.29, 1.82) is 0 Å². The Hall–Kier alpha value is -2.47. The van der Waals surface area contributed by atoms with Crippen LogP contribution in [0.15, 0.2) is 50.8 Å². The van der Waals surface area contributed by atoms with Gasteiger partial charge in [-0.2, -0.15) is 9.78 Å². The molecule has 0 unspecified atom stereocenters. The standard InChI is InChI=1S/C23H25BrN4O/c1-3-6-22-26-20-9-8-18(24)14-19(20)23(29)28(22)25-15-17-7-10-21(16(2)13-17)27-11-4-5-12-27/h7-10,13-15H,3-6,11-12H2,1-2H3. The molecule has 0 bridgehead atoms. The summed E-state index contributed by atoms with van der Waals surface area (Å²) < 4.78 is 2.30. The van der Waals surface area contributed by atoms with E-state index < -0.39 is 0 Å². The van der Waals surface area contributed by atoms with Gasteiger partial charge in [0, 0.05) is 29.7 Å². The van der Waals surface area contributed by atoms with Crippen molar-refractivity contribution in [3.8, 4) is 0 Å². The highest BCUT2D eigenvalue weighted by Crippen LogP contribution is 2.24. The summed E-state index contributed by atoms with van der Waals surface area (Å²) in [6.07, 6.45) is 5.87. The number of aromatic nitrogens is 2. The lowest BCUT2D eigenvalue weighted by Gasteiger charge is -2.20. The lowest BCUT2D eigenvalue weighted by Crippen LogP contribution is -2.22. The highest BCUT2D eigenvalue weighted by Gasteiger charge is 2.14. The first-order chi connectivity index (χ1) is 14.1. The maximum atomic E-state index is 13.1. The van der Waals surface area contributed by atoms with E-state index >= 15 is 0 Å². The van der Waals surface area contributed by atoms with Crippen LogP contribution in [0.1, 0.15) is 43.1 Å². The van der Waals surface area contributed by atoms with Crippen LogP contribution in [0.2, 0.25) is 0 Å². The molecule has 1 saturated heterocycles. The van der Waals surface area contributed by atoms with E-state index in [1.807, 2.05) is 12.1 Å². The van der Waals surface area contributed by atoms with Crippen LogP contribution in [0.25, 0.3) is 10.9 Å². The second-order valence-electron chi connectivity index (χ2n) is 7.54. The van der Waals surface area contributed by atoms with Crippen molar-refractivity contribution < 1.29 is 0 Å². The van der Waals surface area contributed by atoms with Crippen LogP contribution in [0, 0.1) is 6.92 Å². The molecule has 150 valence electrons. The lowest BCUT2D eigenvalue weighted by molar-refractivity contribution is 0.704. The Morgan fingerprint density at radius 1 is 1.17 bits per heavy atom. The first-order valence-corrected chi connectivity index (χ1v) is 11.0. The molecule has 0 aliphatic carbocycles. The molecule has 0 radical (unpaired) electrons. The number of nitrogens with zero attached hydrogens (tertiary/aromatic N) is 4. The van der Waals surface area contributed by atoms with Gasteiger partial charge in [0.15, 0.2) is 0 Å². The third-order valence-corrected chi connectivity index (χ3v) is 5.83. The highest BCUT2D eigenvalue weighted by molar-refractivity contribution is 9.10. The SMILES string of the molecule is CCCc1nc2ccc(Br)cc2c(=O)n1N=Cc1ccc(N2CCCC2)c(C)c1. The van der Waals surface area contributed by atoms with Gasteiger partial charge in [0.25, 0.3) is 5.56 Å². The van der Waals surface area contributed by atoms with E-state index in [0.717, 1.165) is 29.5 Å². The Kier molecular flexibility index (Phi) is 5.81. The molecule has 0 saturated carbocycles. The molecule has 4 rings (SSSR count). The molecule has 0 atom stereocenters. The minimum atomic E-state index is -0.138. The molecule has 5 nitrogen and oxygen atoms in total. The maximum Gasteiger partial charge on any atom is 0.282 e. The molecule has 1 aromatic heterocycles. The Labute approximate surface area is 179 Å². The number of anilines is 1. The zero-order valence-electron chi connectivity index (χ0n) is 16.9. The van der Waals surface area contributed by atoms with Gasteiger partial charge in [0.2, 0.25) is 0 Å². The molecule has 1 aliphatic heterocycles. The van der Waals surface area contributed by atoms with Gasteiger partial charge in [-0.1, -0.05) is 28.9 Å². The number of aryl methyl sites for hydroxylation is 2. The van der Waals surface area contributed by atoms with Crippen LogP contribution < -0.4 is 10.5 Å². The van der Waals surface area contributed by atoms with Gasteiger partial charge >= 0.3 is 0 Å². The number of hydrogen-bond acceptors (Lipinski definition) is 4. The van der Waals surface area contributed by atoms with Gasteiger partial charge in [-0.05, 0) is 67.6 Å². The monoisotopic (exact) mass is 452 g/mol. The van der Waals surface area contributed by atoms with Gasteiger partial charge in [-0.25, -0.2) is 4.98 Å². The topological polar surface area (TPSA) is 50.5 Å². The van der Waals surface area contributed by atoms with Crippen molar-refractivity contribution in [1.82, 2.24) is 9.66 Å². The van der Waals surface area contributed by atoms with Crippen molar-refractivity contribution in [3.63, 3.8) is 0 Å². The van der Waals surface area contributed by atoms with Crippen molar-refractivity contribution in [3.05, 3.63) is 68.2 Å². The molecule has 1 aliphatic rings. The average molecular weight is 453 g/mol. The van der Waals surface area contributed by atoms with E-state index in [1.54, 1.807) is 12.3 Å². The Morgan fingerprint density at radius 2 is 1.97 bits per heavy atom. The van der Waals surface area contributed by atoms with Gasteiger partial charge in [0.05, 0.1) is 17.1 Å². The fourth-order valence-electron chi connectivity index (χ4n) is 3.90. The minimum Gasteiger partial charge on any atom is -0.371 e. The Morgan fingerprint density at radius 3 is 2.69 bits per heavy atom. The van der Waals surface area contributed by atoms with Crippen molar-refractivity contribution >= 4 is 38.7 Å². The van der Waals surface area contributed by atoms with Crippen LogP contribution in [-0.4, -0.2) is 29.0 Å². The largest absolute Gasteiger partial charge is 0.371 e. The summed E-state index contributed by atoms with van der Waals surface area (Å²) in [6, 6.07) is 11.9. The quantitative estimate of drug-likeness (QED) is 0.517. The minimum absolute atomic E-state index is 0.138. The molecule has 29 heavy (non-hydrogen) atoms. The molecule has 3 aromatic rings. The number of hydrogen-bond donors (Lipinski definition) is 0. The van der Waals surface area contributed by atoms with Crippen LogP contribution in [-0.2, 0) is 6.42 Å². The summed E-state index contributed by atoms with van der Waals surface area (Å²) >= 11 is 3.44. The number of halogens is 1. The zero-order valence-corrected chi connectivity index (χ0v) is 18.4. The number of benzene rings is 2. The lowest BCUT2D eigenvalue weighted by atomic mass is 10.1. The van der Waals surface area contributed by atoms with E-state index in [0.29, 0.717) is 23.1 Å². The Bertz CT molecular complexity index is 1130. The summed E-state index contributed by atoms with van der Waals surface area (Å²) in [5.74, 6) is 0.689. The third-order valence-electron chi connectivity index (χ3n) is 5.34. The van der Waals surface area contributed by atoms with E-state index in [1.165, 1.54) is 28.8 Å². The molecule has 0 N–H and O–H groups in total. The molecular formula is C23H25BrN4O. The van der Waals surface area contributed by atoms with Crippen LogP contribution in [0.5, 0.6) is 0 Å². The fraction of sp³-hybridized carbons (Fsp3) is 0.348. The van der Waals surface area contributed by atoms with E-state index in [2.05, 4.69) is 63.0 Å². The van der Waals surface area contributed by atoms with Crippen LogP contribution in [0.4, 0.5) is 5.69 Å². The molecule has 6 heteroatoms. The summed E-state index contributed by atoms with van der Waals surface area (Å²) in [4.78, 5) is 20.2. The van der Waals surface area contributed by atoms with Gasteiger partial charge in [0.1, 0.15) is 5.82 Å². The third kappa shape index (κ3) is 4.13. The number of fused-ring (bicyclic) bond motifs is 1. The van der Waals surface area contributed by atoms with Gasteiger partial charge in [-0.15, -0.1) is 0 Å². The maximum absolute atomic E-state index is 13.1. The molecule has 2 heterocycles. The average Bonchev–Trinajstić information content (AvgIpc) is 3.23. The Balaban J connectivity index is 1.72. The van der Waals surface area contributed by atoms with Crippen molar-refractivity contribution in [2.75, 3.05) is 18.0 Å². The second kappa shape index (κ2) is 8.49. The van der Waals surface area contributed by atoms with Gasteiger partial charge in [-0.3, -0.25) is 4.79 Å². The van der Waals surface area contributed by atoms with Crippen LogP contribution >= 0.6 is 15.9 Å². The molecular weight excluding hydrogens is 428 g/mol. The molecule has 0 spiro atoms. The molecule has 1 fully saturated rings.